The summed E-state index contributed by atoms with van der Waals surface area (Å²) in [6, 6.07) is 10.00. The minimum atomic E-state index is -0.521. The van der Waals surface area contributed by atoms with Crippen molar-refractivity contribution in [2.45, 2.75) is 33.2 Å². The average Bonchev–Trinajstić information content (AvgIpc) is 3.28. The molecule has 1 aliphatic rings. The molecule has 37 heavy (non-hydrogen) atoms. The number of nitrogens with one attached hydrogen (secondary N) is 2. The van der Waals surface area contributed by atoms with Crippen LogP contribution in [0.1, 0.15) is 58.7 Å². The molecule has 1 aromatic heterocycles. The molecule has 0 radical (unpaired) electrons. The van der Waals surface area contributed by atoms with Crippen molar-refractivity contribution in [2.24, 2.45) is 0 Å². The minimum Gasteiger partial charge on any atom is -0.508 e. The predicted octanol–water partition coefficient (Wildman–Crippen LogP) is 2.64. The maximum Gasteiger partial charge on any atom is 0.275 e. The molecule has 0 bridgehead atoms. The molecule has 11 heteroatoms. The van der Waals surface area contributed by atoms with Crippen LogP contribution in [-0.4, -0.2) is 74.8 Å². The number of carbonyl (C=O) groups is 2. The number of aromatic hydroxyl groups is 2. The Morgan fingerprint density at radius 2 is 1.76 bits per heavy atom. The van der Waals surface area contributed by atoms with E-state index >= 15 is 0 Å². The first-order valence-electron chi connectivity index (χ1n) is 12.3. The zero-order chi connectivity index (χ0) is 26.5. The van der Waals surface area contributed by atoms with Crippen molar-refractivity contribution >= 4 is 17.6 Å². The van der Waals surface area contributed by atoms with Gasteiger partial charge in [0.2, 0.25) is 0 Å². The Bertz CT molecular complexity index is 1270. The van der Waals surface area contributed by atoms with E-state index in [1.54, 1.807) is 25.1 Å². The van der Waals surface area contributed by atoms with E-state index in [1.165, 1.54) is 10.7 Å². The third kappa shape index (κ3) is 5.89. The summed E-state index contributed by atoms with van der Waals surface area (Å²) >= 11 is 0. The first-order chi connectivity index (χ1) is 17.8. The van der Waals surface area contributed by atoms with Gasteiger partial charge in [0.05, 0.1) is 13.2 Å². The van der Waals surface area contributed by atoms with Gasteiger partial charge in [-0.3, -0.25) is 14.5 Å². The van der Waals surface area contributed by atoms with Gasteiger partial charge in [0.25, 0.3) is 11.8 Å². The zero-order valence-corrected chi connectivity index (χ0v) is 21.2. The molecule has 11 nitrogen and oxygen atoms in total. The second-order valence-corrected chi connectivity index (χ2v) is 9.15. The molecule has 0 atom stereocenters. The molecule has 2 heterocycles. The highest BCUT2D eigenvalue weighted by Gasteiger charge is 2.25. The quantitative estimate of drug-likeness (QED) is 0.364. The Balaban J connectivity index is 1.64. The standard InChI is InChI=1S/C26H32N6O5/c1-4-27-26(36)23-24(32(30-29-23)20-13-19(16(2)3)21(33)14-22(20)34)28-25(35)18-7-5-17(6-8-18)15-31-9-11-37-12-10-31/h5-8,13-14,16,33-34H,4,9-12,15H2,1-3H3,(H,27,36)(H,28,35). The van der Waals surface area contributed by atoms with Crippen molar-refractivity contribution in [2.75, 3.05) is 38.2 Å². The summed E-state index contributed by atoms with van der Waals surface area (Å²) in [6.07, 6.45) is 0. The van der Waals surface area contributed by atoms with Gasteiger partial charge < -0.3 is 25.6 Å². The summed E-state index contributed by atoms with van der Waals surface area (Å²) in [6.45, 7) is 9.82. The van der Waals surface area contributed by atoms with E-state index in [0.29, 0.717) is 30.9 Å². The van der Waals surface area contributed by atoms with Gasteiger partial charge in [-0.25, -0.2) is 0 Å². The van der Waals surface area contributed by atoms with Crippen LogP contribution in [0.25, 0.3) is 5.69 Å². The lowest BCUT2D eigenvalue weighted by Gasteiger charge is -2.26. The zero-order valence-electron chi connectivity index (χ0n) is 21.2. The van der Waals surface area contributed by atoms with Crippen LogP contribution in [0.4, 0.5) is 5.82 Å². The van der Waals surface area contributed by atoms with Crippen LogP contribution in [0.5, 0.6) is 11.5 Å². The fourth-order valence-electron chi connectivity index (χ4n) is 4.13. The van der Waals surface area contributed by atoms with Crippen molar-refractivity contribution in [3.05, 3.63) is 58.8 Å². The summed E-state index contributed by atoms with van der Waals surface area (Å²) in [5, 5.41) is 34.2. The fourth-order valence-corrected chi connectivity index (χ4v) is 4.13. The molecule has 0 saturated carbocycles. The maximum absolute atomic E-state index is 13.2. The van der Waals surface area contributed by atoms with E-state index in [1.807, 2.05) is 26.0 Å². The third-order valence-electron chi connectivity index (χ3n) is 6.15. The Morgan fingerprint density at radius 3 is 2.41 bits per heavy atom. The van der Waals surface area contributed by atoms with Crippen molar-refractivity contribution in [1.82, 2.24) is 25.2 Å². The van der Waals surface area contributed by atoms with E-state index in [0.717, 1.165) is 25.2 Å². The summed E-state index contributed by atoms with van der Waals surface area (Å²) in [7, 11) is 0. The first-order valence-corrected chi connectivity index (χ1v) is 12.3. The van der Waals surface area contributed by atoms with Gasteiger partial charge in [-0.15, -0.1) is 5.10 Å². The molecule has 2 amide bonds. The SMILES string of the molecule is CCNC(=O)c1nnn(-c2cc(C(C)C)c(O)cc2O)c1NC(=O)c1ccc(CN2CCOCC2)cc1. The summed E-state index contributed by atoms with van der Waals surface area (Å²) in [5.74, 6) is -1.38. The second-order valence-electron chi connectivity index (χ2n) is 9.15. The van der Waals surface area contributed by atoms with Gasteiger partial charge in [0.1, 0.15) is 17.2 Å². The Hall–Kier alpha value is -3.96. The van der Waals surface area contributed by atoms with Crippen LogP contribution in [0.15, 0.2) is 36.4 Å². The number of hydrogen-bond donors (Lipinski definition) is 4. The number of amides is 2. The van der Waals surface area contributed by atoms with Gasteiger partial charge in [-0.05, 0) is 42.2 Å². The summed E-state index contributed by atoms with van der Waals surface area (Å²) in [5.41, 5.74) is 2.09. The average molecular weight is 509 g/mol. The summed E-state index contributed by atoms with van der Waals surface area (Å²) < 4.78 is 6.58. The van der Waals surface area contributed by atoms with Crippen LogP contribution < -0.4 is 10.6 Å². The molecule has 3 aromatic rings. The van der Waals surface area contributed by atoms with E-state index in [9.17, 15) is 19.8 Å². The Kier molecular flexibility index (Phi) is 8.04. The second kappa shape index (κ2) is 11.4. The molecule has 0 spiro atoms. The number of hydrogen-bond acceptors (Lipinski definition) is 8. The van der Waals surface area contributed by atoms with E-state index in [-0.39, 0.29) is 34.6 Å². The van der Waals surface area contributed by atoms with E-state index in [2.05, 4.69) is 25.8 Å². The number of nitrogens with zero attached hydrogens (tertiary/aromatic N) is 4. The molecular weight excluding hydrogens is 476 g/mol. The smallest absolute Gasteiger partial charge is 0.275 e. The van der Waals surface area contributed by atoms with Gasteiger partial charge in [-0.2, -0.15) is 4.68 Å². The van der Waals surface area contributed by atoms with Crippen molar-refractivity contribution in [3.8, 4) is 17.2 Å². The number of morpholine rings is 1. The van der Waals surface area contributed by atoms with E-state index in [4.69, 9.17) is 4.74 Å². The maximum atomic E-state index is 13.2. The number of benzene rings is 2. The van der Waals surface area contributed by atoms with Crippen LogP contribution in [0, 0.1) is 0 Å². The monoisotopic (exact) mass is 508 g/mol. The van der Waals surface area contributed by atoms with Crippen molar-refractivity contribution in [3.63, 3.8) is 0 Å². The van der Waals surface area contributed by atoms with Gasteiger partial charge >= 0.3 is 0 Å². The van der Waals surface area contributed by atoms with Crippen molar-refractivity contribution < 1.29 is 24.5 Å². The molecule has 4 N–H and O–H groups in total. The van der Waals surface area contributed by atoms with Gasteiger partial charge in [0.15, 0.2) is 11.5 Å². The largest absolute Gasteiger partial charge is 0.508 e. The van der Waals surface area contributed by atoms with Crippen LogP contribution in [0.3, 0.4) is 0 Å². The topological polar surface area (TPSA) is 142 Å². The Labute approximate surface area is 215 Å². The summed E-state index contributed by atoms with van der Waals surface area (Å²) in [4.78, 5) is 28.2. The molecule has 1 saturated heterocycles. The first kappa shape index (κ1) is 26.1. The molecule has 2 aromatic carbocycles. The predicted molar refractivity (Wildman–Crippen MR) is 137 cm³/mol. The normalized spacial score (nSPS) is 14.1. The minimum absolute atomic E-state index is 0.00374. The number of phenolic OH excluding ortho intramolecular Hbond substituents is 2. The molecule has 0 aliphatic carbocycles. The number of ether oxygens (including phenoxy) is 1. The lowest BCUT2D eigenvalue weighted by molar-refractivity contribution is 0.0342. The highest BCUT2D eigenvalue weighted by molar-refractivity contribution is 6.07. The van der Waals surface area contributed by atoms with Crippen molar-refractivity contribution in [1.29, 1.82) is 0 Å². The molecular formula is C26H32N6O5. The fraction of sp³-hybridized carbons (Fsp3) is 0.385. The molecule has 0 unspecified atom stereocenters. The third-order valence-corrected chi connectivity index (χ3v) is 6.15. The van der Waals surface area contributed by atoms with Crippen LogP contribution >= 0.6 is 0 Å². The van der Waals surface area contributed by atoms with Crippen LogP contribution in [0.2, 0.25) is 0 Å². The van der Waals surface area contributed by atoms with E-state index < -0.39 is 11.8 Å². The number of phenols is 2. The number of rotatable bonds is 8. The van der Waals surface area contributed by atoms with Gasteiger partial charge in [0, 0.05) is 37.8 Å². The molecule has 196 valence electrons. The lowest BCUT2D eigenvalue weighted by atomic mass is 10.0. The van der Waals surface area contributed by atoms with Gasteiger partial charge in [-0.1, -0.05) is 31.2 Å². The highest BCUT2D eigenvalue weighted by atomic mass is 16.5. The lowest BCUT2D eigenvalue weighted by Crippen LogP contribution is -2.35. The highest BCUT2D eigenvalue weighted by Crippen LogP contribution is 2.35. The van der Waals surface area contributed by atoms with Crippen LogP contribution in [-0.2, 0) is 11.3 Å². The molecule has 4 rings (SSSR count). The number of anilines is 1. The Morgan fingerprint density at radius 1 is 1.05 bits per heavy atom. The number of aromatic nitrogens is 3. The number of carbonyl (C=O) groups excluding carboxylic acids is 2. The molecule has 1 fully saturated rings. The molecule has 1 aliphatic heterocycles.